The number of hydrogen-bond acceptors (Lipinski definition) is 3. The lowest BCUT2D eigenvalue weighted by atomic mass is 9.89. The summed E-state index contributed by atoms with van der Waals surface area (Å²) < 4.78 is 5.52. The Morgan fingerprint density at radius 1 is 1.53 bits per heavy atom. The number of carbonyl (C=O) groups is 1. The Kier molecular flexibility index (Phi) is 5.92. The van der Waals surface area contributed by atoms with Gasteiger partial charge in [0, 0.05) is 13.2 Å². The first-order valence-corrected chi connectivity index (χ1v) is 6.74. The van der Waals surface area contributed by atoms with Crippen LogP contribution in [-0.2, 0) is 9.53 Å². The van der Waals surface area contributed by atoms with Crippen LogP contribution in [0.5, 0.6) is 0 Å². The predicted molar refractivity (Wildman–Crippen MR) is 67.2 cm³/mol. The molecule has 0 bridgehead atoms. The number of nitrogens with one attached hydrogen (secondary N) is 1. The molecule has 17 heavy (non-hydrogen) atoms. The Bertz CT molecular complexity index is 239. The van der Waals surface area contributed by atoms with E-state index in [4.69, 9.17) is 4.74 Å². The molecule has 1 aliphatic heterocycles. The molecule has 4 heteroatoms. The zero-order valence-corrected chi connectivity index (χ0v) is 11.0. The summed E-state index contributed by atoms with van der Waals surface area (Å²) in [7, 11) is 0. The standard InChI is InChI=1S/C13H25NO3/c1-3-5-8-13(4-2,12(15)16)14-10-11-7-6-9-17-11/h11,14H,3-10H2,1-2H3,(H,15,16). The van der Waals surface area contributed by atoms with Crippen LogP contribution in [0.15, 0.2) is 0 Å². The molecule has 1 rings (SSSR count). The van der Waals surface area contributed by atoms with Gasteiger partial charge in [-0.2, -0.15) is 0 Å². The van der Waals surface area contributed by atoms with E-state index in [-0.39, 0.29) is 6.10 Å². The van der Waals surface area contributed by atoms with Crippen LogP contribution in [0.1, 0.15) is 52.4 Å². The van der Waals surface area contributed by atoms with E-state index in [0.29, 0.717) is 19.4 Å². The first-order valence-electron chi connectivity index (χ1n) is 6.74. The molecule has 4 nitrogen and oxygen atoms in total. The average Bonchev–Trinajstić information content (AvgIpc) is 2.82. The SMILES string of the molecule is CCCCC(CC)(NCC1CCCO1)C(=O)O. The molecule has 2 unspecified atom stereocenters. The third-order valence-electron chi connectivity index (χ3n) is 3.66. The van der Waals surface area contributed by atoms with E-state index in [2.05, 4.69) is 12.2 Å². The fourth-order valence-electron chi connectivity index (χ4n) is 2.32. The summed E-state index contributed by atoms with van der Waals surface area (Å²) in [4.78, 5) is 11.5. The van der Waals surface area contributed by atoms with Crippen LogP contribution in [0.3, 0.4) is 0 Å². The van der Waals surface area contributed by atoms with E-state index < -0.39 is 11.5 Å². The number of ether oxygens (including phenoxy) is 1. The van der Waals surface area contributed by atoms with Gasteiger partial charge in [0.15, 0.2) is 0 Å². The van der Waals surface area contributed by atoms with Gasteiger partial charge < -0.3 is 9.84 Å². The van der Waals surface area contributed by atoms with E-state index in [9.17, 15) is 9.90 Å². The second kappa shape index (κ2) is 6.97. The van der Waals surface area contributed by atoms with Crippen molar-refractivity contribution in [1.82, 2.24) is 5.32 Å². The Labute approximate surface area is 104 Å². The van der Waals surface area contributed by atoms with E-state index >= 15 is 0 Å². The summed E-state index contributed by atoms with van der Waals surface area (Å²) in [6.45, 7) is 5.49. The minimum absolute atomic E-state index is 0.196. The van der Waals surface area contributed by atoms with Crippen molar-refractivity contribution in [3.8, 4) is 0 Å². The second-order valence-electron chi connectivity index (χ2n) is 4.86. The van der Waals surface area contributed by atoms with Crippen molar-refractivity contribution < 1.29 is 14.6 Å². The largest absolute Gasteiger partial charge is 0.480 e. The molecule has 0 saturated carbocycles. The molecule has 0 aromatic heterocycles. The van der Waals surface area contributed by atoms with Crippen LogP contribution in [0.25, 0.3) is 0 Å². The summed E-state index contributed by atoms with van der Waals surface area (Å²) in [5.41, 5.74) is -0.762. The lowest BCUT2D eigenvalue weighted by molar-refractivity contribution is -0.145. The molecule has 1 saturated heterocycles. The minimum Gasteiger partial charge on any atom is -0.480 e. The average molecular weight is 243 g/mol. The molecule has 100 valence electrons. The highest BCUT2D eigenvalue weighted by atomic mass is 16.5. The fourth-order valence-corrected chi connectivity index (χ4v) is 2.32. The molecular formula is C13H25NO3. The molecule has 0 spiro atoms. The first kappa shape index (κ1) is 14.5. The van der Waals surface area contributed by atoms with E-state index in [1.165, 1.54) is 0 Å². The van der Waals surface area contributed by atoms with Gasteiger partial charge in [0.2, 0.25) is 0 Å². The van der Waals surface area contributed by atoms with Gasteiger partial charge in [-0.05, 0) is 25.7 Å². The highest BCUT2D eigenvalue weighted by Crippen LogP contribution is 2.20. The van der Waals surface area contributed by atoms with Gasteiger partial charge in [-0.1, -0.05) is 26.7 Å². The molecule has 2 atom stereocenters. The van der Waals surface area contributed by atoms with Gasteiger partial charge in [-0.25, -0.2) is 0 Å². The van der Waals surface area contributed by atoms with Crippen LogP contribution in [0.4, 0.5) is 0 Å². The van der Waals surface area contributed by atoms with Crippen molar-refractivity contribution in [3.05, 3.63) is 0 Å². The van der Waals surface area contributed by atoms with Gasteiger partial charge in [0.25, 0.3) is 0 Å². The Hall–Kier alpha value is -0.610. The van der Waals surface area contributed by atoms with Crippen molar-refractivity contribution in [2.75, 3.05) is 13.2 Å². The fraction of sp³-hybridized carbons (Fsp3) is 0.923. The van der Waals surface area contributed by atoms with E-state index in [0.717, 1.165) is 32.3 Å². The Morgan fingerprint density at radius 3 is 2.76 bits per heavy atom. The molecular weight excluding hydrogens is 218 g/mol. The van der Waals surface area contributed by atoms with Crippen LogP contribution >= 0.6 is 0 Å². The van der Waals surface area contributed by atoms with Crippen molar-refractivity contribution >= 4 is 5.97 Å². The van der Waals surface area contributed by atoms with Crippen LogP contribution in [0.2, 0.25) is 0 Å². The number of carboxylic acids is 1. The minimum atomic E-state index is -0.762. The summed E-state index contributed by atoms with van der Waals surface area (Å²) in [5, 5.41) is 12.7. The number of aliphatic carboxylic acids is 1. The maximum atomic E-state index is 11.5. The molecule has 1 aliphatic rings. The van der Waals surface area contributed by atoms with Gasteiger partial charge in [0.1, 0.15) is 5.54 Å². The number of unbranched alkanes of at least 4 members (excludes halogenated alkanes) is 1. The lowest BCUT2D eigenvalue weighted by Crippen LogP contribution is -2.53. The molecule has 0 aromatic rings. The highest BCUT2D eigenvalue weighted by molar-refractivity contribution is 5.78. The quantitative estimate of drug-likeness (QED) is 0.686. The van der Waals surface area contributed by atoms with Gasteiger partial charge >= 0.3 is 5.97 Å². The third-order valence-corrected chi connectivity index (χ3v) is 3.66. The van der Waals surface area contributed by atoms with Gasteiger partial charge in [0.05, 0.1) is 6.10 Å². The van der Waals surface area contributed by atoms with E-state index in [1.807, 2.05) is 6.92 Å². The van der Waals surface area contributed by atoms with Crippen molar-refractivity contribution in [2.45, 2.75) is 64.0 Å². The predicted octanol–water partition coefficient (Wildman–Crippen LogP) is 2.18. The molecule has 0 aliphatic carbocycles. The third kappa shape index (κ3) is 3.96. The Morgan fingerprint density at radius 2 is 2.29 bits per heavy atom. The van der Waals surface area contributed by atoms with Gasteiger partial charge in [-0.3, -0.25) is 10.1 Å². The number of hydrogen-bond donors (Lipinski definition) is 2. The molecule has 0 amide bonds. The van der Waals surface area contributed by atoms with Gasteiger partial charge in [-0.15, -0.1) is 0 Å². The normalized spacial score (nSPS) is 23.5. The Balaban J connectivity index is 2.51. The number of carboxylic acid groups (broad SMARTS) is 1. The smallest absolute Gasteiger partial charge is 0.323 e. The number of rotatable bonds is 8. The summed E-state index contributed by atoms with van der Waals surface area (Å²) in [6, 6.07) is 0. The zero-order valence-electron chi connectivity index (χ0n) is 11.0. The molecule has 0 aromatic carbocycles. The first-order chi connectivity index (χ1) is 8.14. The molecule has 2 N–H and O–H groups in total. The molecule has 0 radical (unpaired) electrons. The monoisotopic (exact) mass is 243 g/mol. The van der Waals surface area contributed by atoms with Crippen LogP contribution in [0, 0.1) is 0 Å². The van der Waals surface area contributed by atoms with Crippen molar-refractivity contribution in [1.29, 1.82) is 0 Å². The maximum absolute atomic E-state index is 11.5. The second-order valence-corrected chi connectivity index (χ2v) is 4.86. The maximum Gasteiger partial charge on any atom is 0.323 e. The van der Waals surface area contributed by atoms with Crippen molar-refractivity contribution in [2.24, 2.45) is 0 Å². The molecule has 1 heterocycles. The summed E-state index contributed by atoms with van der Waals surface area (Å²) in [6.07, 6.45) is 5.61. The lowest BCUT2D eigenvalue weighted by Gasteiger charge is -2.30. The van der Waals surface area contributed by atoms with Crippen molar-refractivity contribution in [3.63, 3.8) is 0 Å². The van der Waals surface area contributed by atoms with E-state index in [1.54, 1.807) is 0 Å². The summed E-state index contributed by atoms with van der Waals surface area (Å²) in [5.74, 6) is -0.730. The topological polar surface area (TPSA) is 58.6 Å². The zero-order chi connectivity index (χ0) is 12.7. The van der Waals surface area contributed by atoms with Crippen LogP contribution < -0.4 is 5.32 Å². The molecule has 1 fully saturated rings. The van der Waals surface area contributed by atoms with Crippen LogP contribution in [-0.4, -0.2) is 35.9 Å². The summed E-state index contributed by atoms with van der Waals surface area (Å²) >= 11 is 0. The highest BCUT2D eigenvalue weighted by Gasteiger charge is 2.36.